The Morgan fingerprint density at radius 2 is 1.27 bits per heavy atom. The van der Waals surface area contributed by atoms with Crippen LogP contribution < -0.4 is 0 Å². The van der Waals surface area contributed by atoms with E-state index in [1.807, 2.05) is 0 Å². The van der Waals surface area contributed by atoms with Crippen molar-refractivity contribution in [3.8, 4) is 11.5 Å². The molecule has 2 aromatic rings. The van der Waals surface area contributed by atoms with E-state index >= 15 is 0 Å². The largest absolute Gasteiger partial charge is 0.508 e. The standard InChI is InChI=1S/C17H20O4S/c1-9-6-14(18)7-16(10(9)2)22(20,21)17-8-15(19)12(4)11(3)13(17)5/h6-8,18-19H,1-5H3. The Morgan fingerprint density at radius 1 is 0.727 bits per heavy atom. The predicted octanol–water partition coefficient (Wildman–Crippen LogP) is 3.47. The van der Waals surface area contributed by atoms with Crippen LogP contribution in [0.2, 0.25) is 0 Å². The highest BCUT2D eigenvalue weighted by Crippen LogP contribution is 2.35. The Kier molecular flexibility index (Phi) is 3.96. The maximum absolute atomic E-state index is 13.0. The fraction of sp³-hybridized carbons (Fsp3) is 0.294. The van der Waals surface area contributed by atoms with Crippen LogP contribution in [-0.2, 0) is 9.84 Å². The molecule has 2 N–H and O–H groups in total. The van der Waals surface area contributed by atoms with Crippen molar-refractivity contribution in [3.05, 3.63) is 46.0 Å². The summed E-state index contributed by atoms with van der Waals surface area (Å²) in [5.74, 6) is -0.136. The maximum atomic E-state index is 13.0. The van der Waals surface area contributed by atoms with Crippen LogP contribution in [0.4, 0.5) is 0 Å². The highest BCUT2D eigenvalue weighted by atomic mass is 32.2. The number of rotatable bonds is 2. The fourth-order valence-corrected chi connectivity index (χ4v) is 4.38. The summed E-state index contributed by atoms with van der Waals surface area (Å²) in [7, 11) is -3.83. The second kappa shape index (κ2) is 5.32. The molecule has 0 atom stereocenters. The van der Waals surface area contributed by atoms with E-state index < -0.39 is 9.84 Å². The first kappa shape index (κ1) is 16.4. The Hall–Kier alpha value is -2.01. The second-order valence-electron chi connectivity index (χ2n) is 5.66. The lowest BCUT2D eigenvalue weighted by Gasteiger charge is -2.16. The average Bonchev–Trinajstić information content (AvgIpc) is 2.44. The number of hydrogen-bond acceptors (Lipinski definition) is 4. The zero-order valence-corrected chi connectivity index (χ0v) is 14.2. The molecule has 0 amide bonds. The lowest BCUT2D eigenvalue weighted by molar-refractivity contribution is 0.467. The quantitative estimate of drug-likeness (QED) is 0.888. The molecule has 0 bridgehead atoms. The van der Waals surface area contributed by atoms with Gasteiger partial charge in [-0.1, -0.05) is 0 Å². The van der Waals surface area contributed by atoms with Crippen molar-refractivity contribution in [1.29, 1.82) is 0 Å². The lowest BCUT2D eigenvalue weighted by atomic mass is 10.0. The van der Waals surface area contributed by atoms with E-state index in [-0.39, 0.29) is 21.3 Å². The van der Waals surface area contributed by atoms with Crippen molar-refractivity contribution in [3.63, 3.8) is 0 Å². The minimum absolute atomic E-state index is 0.0452. The topological polar surface area (TPSA) is 74.6 Å². The molecule has 0 heterocycles. The van der Waals surface area contributed by atoms with Crippen LogP contribution in [0, 0.1) is 34.6 Å². The predicted molar refractivity (Wildman–Crippen MR) is 85.4 cm³/mol. The minimum Gasteiger partial charge on any atom is -0.508 e. The number of benzene rings is 2. The van der Waals surface area contributed by atoms with E-state index in [1.54, 1.807) is 34.6 Å². The van der Waals surface area contributed by atoms with Crippen molar-refractivity contribution in [2.75, 3.05) is 0 Å². The van der Waals surface area contributed by atoms with Crippen molar-refractivity contribution < 1.29 is 18.6 Å². The molecular formula is C17H20O4S. The first-order chi connectivity index (χ1) is 10.1. The van der Waals surface area contributed by atoms with Crippen molar-refractivity contribution in [2.45, 2.75) is 44.4 Å². The number of aryl methyl sites for hydroxylation is 1. The monoisotopic (exact) mass is 320 g/mol. The summed E-state index contributed by atoms with van der Waals surface area (Å²) in [5, 5.41) is 19.7. The highest BCUT2D eigenvalue weighted by molar-refractivity contribution is 7.91. The Morgan fingerprint density at radius 3 is 1.86 bits per heavy atom. The summed E-state index contributed by atoms with van der Waals surface area (Å²) in [6.45, 7) is 8.71. The van der Waals surface area contributed by atoms with Gasteiger partial charge < -0.3 is 10.2 Å². The number of sulfone groups is 1. The molecule has 0 aliphatic rings. The molecule has 0 radical (unpaired) electrons. The number of phenols is 2. The molecule has 22 heavy (non-hydrogen) atoms. The Labute approximate surface area is 131 Å². The number of hydrogen-bond donors (Lipinski definition) is 2. The fourth-order valence-electron chi connectivity index (χ4n) is 2.48. The van der Waals surface area contributed by atoms with Gasteiger partial charge in [-0.2, -0.15) is 0 Å². The van der Waals surface area contributed by atoms with Crippen molar-refractivity contribution >= 4 is 9.84 Å². The summed E-state index contributed by atoms with van der Waals surface area (Å²) in [6.07, 6.45) is 0. The summed E-state index contributed by atoms with van der Waals surface area (Å²) in [6, 6.07) is 4.06. The molecule has 0 fully saturated rings. The summed E-state index contributed by atoms with van der Waals surface area (Å²) in [5.41, 5.74) is 3.31. The van der Waals surface area contributed by atoms with E-state index in [4.69, 9.17) is 0 Å². The van der Waals surface area contributed by atoms with Crippen LogP contribution in [0.3, 0.4) is 0 Å². The minimum atomic E-state index is -3.83. The van der Waals surface area contributed by atoms with Gasteiger partial charge in [-0.3, -0.25) is 0 Å². The van der Waals surface area contributed by atoms with E-state index in [2.05, 4.69) is 0 Å². The van der Waals surface area contributed by atoms with Crippen LogP contribution in [-0.4, -0.2) is 18.6 Å². The molecule has 0 aromatic heterocycles. The van der Waals surface area contributed by atoms with Gasteiger partial charge in [0.05, 0.1) is 9.79 Å². The van der Waals surface area contributed by atoms with Gasteiger partial charge in [0.1, 0.15) is 11.5 Å². The molecule has 0 aliphatic heterocycles. The smallest absolute Gasteiger partial charge is 0.207 e. The van der Waals surface area contributed by atoms with Gasteiger partial charge in [-0.05, 0) is 80.6 Å². The van der Waals surface area contributed by atoms with Crippen LogP contribution in [0.1, 0.15) is 27.8 Å². The number of aromatic hydroxyl groups is 2. The molecule has 0 spiro atoms. The molecule has 0 saturated carbocycles. The molecule has 5 heteroatoms. The first-order valence-electron chi connectivity index (χ1n) is 6.92. The molecule has 2 aromatic carbocycles. The summed E-state index contributed by atoms with van der Waals surface area (Å²) in [4.78, 5) is 0.136. The van der Waals surface area contributed by atoms with Gasteiger partial charge in [-0.25, -0.2) is 8.42 Å². The van der Waals surface area contributed by atoms with Crippen molar-refractivity contribution in [1.82, 2.24) is 0 Å². The number of phenolic OH excluding ortho intramolecular Hbond substituents is 2. The second-order valence-corrected chi connectivity index (χ2v) is 7.54. The van der Waals surface area contributed by atoms with Crippen molar-refractivity contribution in [2.24, 2.45) is 0 Å². The van der Waals surface area contributed by atoms with Gasteiger partial charge in [-0.15, -0.1) is 0 Å². The zero-order valence-electron chi connectivity index (χ0n) is 13.4. The molecule has 0 unspecified atom stereocenters. The van der Waals surface area contributed by atoms with E-state index in [0.717, 1.165) is 5.56 Å². The zero-order chi connectivity index (χ0) is 16.8. The maximum Gasteiger partial charge on any atom is 0.207 e. The lowest BCUT2D eigenvalue weighted by Crippen LogP contribution is -2.08. The normalized spacial score (nSPS) is 11.7. The third-order valence-corrected chi connectivity index (χ3v) is 6.34. The SMILES string of the molecule is Cc1cc(O)cc(S(=O)(=O)c2cc(O)c(C)c(C)c2C)c1C. The summed E-state index contributed by atoms with van der Waals surface area (Å²) >= 11 is 0. The van der Waals surface area contributed by atoms with Gasteiger partial charge in [0.25, 0.3) is 0 Å². The summed E-state index contributed by atoms with van der Waals surface area (Å²) < 4.78 is 25.9. The third-order valence-electron chi connectivity index (χ3n) is 4.33. The van der Waals surface area contributed by atoms with E-state index in [1.165, 1.54) is 18.2 Å². The van der Waals surface area contributed by atoms with Gasteiger partial charge in [0, 0.05) is 0 Å². The third kappa shape index (κ3) is 2.46. The molecule has 4 nitrogen and oxygen atoms in total. The Balaban J connectivity index is 2.83. The van der Waals surface area contributed by atoms with Crippen LogP contribution in [0.5, 0.6) is 11.5 Å². The van der Waals surface area contributed by atoms with E-state index in [0.29, 0.717) is 22.3 Å². The van der Waals surface area contributed by atoms with Crippen LogP contribution in [0.25, 0.3) is 0 Å². The van der Waals surface area contributed by atoms with Gasteiger partial charge in [0.15, 0.2) is 0 Å². The van der Waals surface area contributed by atoms with E-state index in [9.17, 15) is 18.6 Å². The van der Waals surface area contributed by atoms with Crippen LogP contribution >= 0.6 is 0 Å². The van der Waals surface area contributed by atoms with Gasteiger partial charge >= 0.3 is 0 Å². The average molecular weight is 320 g/mol. The van der Waals surface area contributed by atoms with Crippen LogP contribution in [0.15, 0.2) is 28.0 Å². The Bertz CT molecular complexity index is 865. The van der Waals surface area contributed by atoms with Gasteiger partial charge in [0.2, 0.25) is 9.84 Å². The highest BCUT2D eigenvalue weighted by Gasteiger charge is 2.25. The molecular weight excluding hydrogens is 300 g/mol. The molecule has 118 valence electrons. The molecule has 0 aliphatic carbocycles. The molecule has 0 saturated heterocycles. The first-order valence-corrected chi connectivity index (χ1v) is 8.40. The molecule has 2 rings (SSSR count).